The number of hydrogen-bond donors (Lipinski definition) is 1. The maximum atomic E-state index is 11.9. The number of rotatable bonds is 4. The number of esters is 1. The summed E-state index contributed by atoms with van der Waals surface area (Å²) in [6.07, 6.45) is 0. The van der Waals surface area contributed by atoms with Crippen molar-refractivity contribution in [1.29, 1.82) is 0 Å². The fourth-order valence-corrected chi connectivity index (χ4v) is 1.93. The minimum atomic E-state index is -0.571. The fraction of sp³-hybridized carbons (Fsp3) is 0.167. The number of nitrogens with one attached hydrogen (secondary N) is 1. The average molecular weight is 277 g/mol. The molecule has 0 spiro atoms. The van der Waals surface area contributed by atoms with Gasteiger partial charge >= 0.3 is 5.97 Å². The lowest BCUT2D eigenvalue weighted by Crippen LogP contribution is -2.11. The summed E-state index contributed by atoms with van der Waals surface area (Å²) < 4.78 is 4.78. The van der Waals surface area contributed by atoms with E-state index in [-0.39, 0.29) is 16.6 Å². The Morgan fingerprint density at radius 1 is 1.21 bits per heavy atom. The Bertz CT molecular complexity index is 583. The van der Waals surface area contributed by atoms with Gasteiger partial charge in [-0.3, -0.25) is 4.79 Å². The number of para-hydroxylation sites is 1. The molecule has 1 aromatic heterocycles. The third kappa shape index (κ3) is 3.35. The van der Waals surface area contributed by atoms with Gasteiger partial charge in [0.2, 0.25) is 10.0 Å². The molecule has 2 aromatic rings. The number of hydrogen-bond acceptors (Lipinski definition) is 6. The van der Waals surface area contributed by atoms with E-state index in [1.54, 1.807) is 31.2 Å². The van der Waals surface area contributed by atoms with Gasteiger partial charge < -0.3 is 10.1 Å². The molecule has 6 nitrogen and oxygen atoms in total. The van der Waals surface area contributed by atoms with E-state index in [9.17, 15) is 9.59 Å². The molecule has 0 radical (unpaired) electrons. The molecule has 0 bridgehead atoms. The van der Waals surface area contributed by atoms with Crippen molar-refractivity contribution in [3.05, 3.63) is 40.3 Å². The van der Waals surface area contributed by atoms with E-state index in [2.05, 4.69) is 15.5 Å². The monoisotopic (exact) mass is 277 g/mol. The van der Waals surface area contributed by atoms with Crippen LogP contribution in [-0.2, 0) is 4.74 Å². The lowest BCUT2D eigenvalue weighted by atomic mass is 10.3. The molecule has 0 saturated carbocycles. The summed E-state index contributed by atoms with van der Waals surface area (Å²) >= 11 is 0.899. The number of carbonyl (C=O) groups is 2. The van der Waals surface area contributed by atoms with Crippen molar-refractivity contribution in [1.82, 2.24) is 10.2 Å². The summed E-state index contributed by atoms with van der Waals surface area (Å²) in [4.78, 5) is 23.2. The van der Waals surface area contributed by atoms with Crippen molar-refractivity contribution >= 4 is 28.9 Å². The summed E-state index contributed by atoms with van der Waals surface area (Å²) in [5.41, 5.74) is 0.653. The molecule has 2 rings (SSSR count). The second-order valence-corrected chi connectivity index (χ2v) is 4.43. The third-order valence-corrected chi connectivity index (χ3v) is 3.00. The maximum Gasteiger partial charge on any atom is 0.369 e. The van der Waals surface area contributed by atoms with Crippen LogP contribution in [0.15, 0.2) is 30.3 Å². The molecule has 0 aliphatic rings. The molecular weight excluding hydrogens is 266 g/mol. The summed E-state index contributed by atoms with van der Waals surface area (Å²) in [6, 6.07) is 8.97. The quantitative estimate of drug-likeness (QED) is 0.864. The molecule has 0 fully saturated rings. The van der Waals surface area contributed by atoms with Gasteiger partial charge in [-0.1, -0.05) is 29.5 Å². The number of anilines is 1. The molecule has 1 amide bonds. The number of nitrogens with zero attached hydrogens (tertiary/aromatic N) is 2. The SMILES string of the molecule is CCOC(=O)c1nnc(C(=O)Nc2ccccc2)s1. The van der Waals surface area contributed by atoms with Gasteiger partial charge in [-0.2, -0.15) is 0 Å². The minimum absolute atomic E-state index is 0.0695. The predicted octanol–water partition coefficient (Wildman–Crippen LogP) is 1.97. The molecule has 0 unspecified atom stereocenters. The molecule has 19 heavy (non-hydrogen) atoms. The van der Waals surface area contributed by atoms with Crippen LogP contribution < -0.4 is 5.32 Å². The van der Waals surface area contributed by atoms with Crippen LogP contribution in [0.5, 0.6) is 0 Å². The van der Waals surface area contributed by atoms with Gasteiger partial charge in [-0.05, 0) is 19.1 Å². The van der Waals surface area contributed by atoms with Gasteiger partial charge in [0, 0.05) is 5.69 Å². The van der Waals surface area contributed by atoms with Crippen LogP contribution in [0.1, 0.15) is 26.5 Å². The molecule has 0 saturated heterocycles. The molecule has 1 aromatic carbocycles. The molecular formula is C12H11N3O3S. The number of carbonyl (C=O) groups excluding carboxylic acids is 2. The van der Waals surface area contributed by atoms with Gasteiger partial charge in [0.15, 0.2) is 0 Å². The van der Waals surface area contributed by atoms with Gasteiger partial charge in [0.05, 0.1) is 6.61 Å². The first kappa shape index (κ1) is 13.2. The summed E-state index contributed by atoms with van der Waals surface area (Å²) in [5.74, 6) is -0.974. The summed E-state index contributed by atoms with van der Waals surface area (Å²) in [7, 11) is 0. The fourth-order valence-electron chi connectivity index (χ4n) is 1.30. The second-order valence-electron chi connectivity index (χ2n) is 3.45. The zero-order valence-electron chi connectivity index (χ0n) is 10.1. The van der Waals surface area contributed by atoms with E-state index in [4.69, 9.17) is 4.74 Å². The van der Waals surface area contributed by atoms with E-state index in [1.165, 1.54) is 0 Å². The van der Waals surface area contributed by atoms with Crippen LogP contribution in [0.4, 0.5) is 5.69 Å². The first-order valence-electron chi connectivity index (χ1n) is 5.57. The van der Waals surface area contributed by atoms with Crippen molar-refractivity contribution in [3.63, 3.8) is 0 Å². The van der Waals surface area contributed by atoms with E-state index in [1.807, 2.05) is 6.07 Å². The van der Waals surface area contributed by atoms with E-state index in [0.29, 0.717) is 5.69 Å². The van der Waals surface area contributed by atoms with Crippen LogP contribution >= 0.6 is 11.3 Å². The number of aromatic nitrogens is 2. The van der Waals surface area contributed by atoms with Crippen molar-refractivity contribution in [2.24, 2.45) is 0 Å². The Hall–Kier alpha value is -2.28. The average Bonchev–Trinajstić information content (AvgIpc) is 2.90. The van der Waals surface area contributed by atoms with Crippen LogP contribution in [-0.4, -0.2) is 28.7 Å². The summed E-state index contributed by atoms with van der Waals surface area (Å²) in [6.45, 7) is 1.95. The lowest BCUT2D eigenvalue weighted by Gasteiger charge is -2.00. The smallest absolute Gasteiger partial charge is 0.369 e. The van der Waals surface area contributed by atoms with Crippen molar-refractivity contribution in [2.75, 3.05) is 11.9 Å². The number of benzene rings is 1. The zero-order chi connectivity index (χ0) is 13.7. The van der Waals surface area contributed by atoms with Crippen LogP contribution in [0, 0.1) is 0 Å². The van der Waals surface area contributed by atoms with Crippen LogP contribution in [0.25, 0.3) is 0 Å². The highest BCUT2D eigenvalue weighted by molar-refractivity contribution is 7.15. The second kappa shape index (κ2) is 6.05. The standard InChI is InChI=1S/C12H11N3O3S/c1-2-18-12(17)11-15-14-10(19-11)9(16)13-8-6-4-3-5-7-8/h3-7H,2H2,1H3,(H,13,16). The van der Waals surface area contributed by atoms with Gasteiger partial charge in [-0.25, -0.2) is 4.79 Å². The van der Waals surface area contributed by atoms with Crippen molar-refractivity contribution in [3.8, 4) is 0 Å². The maximum absolute atomic E-state index is 11.9. The molecule has 1 heterocycles. The Morgan fingerprint density at radius 3 is 2.58 bits per heavy atom. The molecule has 0 aliphatic carbocycles. The first-order chi connectivity index (χ1) is 9.20. The topological polar surface area (TPSA) is 81.2 Å². The normalized spacial score (nSPS) is 9.95. The highest BCUT2D eigenvalue weighted by atomic mass is 32.1. The molecule has 0 aliphatic heterocycles. The van der Waals surface area contributed by atoms with Gasteiger partial charge in [0.1, 0.15) is 0 Å². The lowest BCUT2D eigenvalue weighted by molar-refractivity contribution is 0.0525. The highest BCUT2D eigenvalue weighted by Crippen LogP contribution is 2.13. The van der Waals surface area contributed by atoms with Gasteiger partial charge in [0.25, 0.3) is 5.91 Å². The highest BCUT2D eigenvalue weighted by Gasteiger charge is 2.18. The number of amides is 1. The molecule has 0 atom stereocenters. The zero-order valence-corrected chi connectivity index (χ0v) is 10.9. The molecule has 1 N–H and O–H groups in total. The Labute approximate surface area is 113 Å². The van der Waals surface area contributed by atoms with Crippen LogP contribution in [0.3, 0.4) is 0 Å². The van der Waals surface area contributed by atoms with E-state index >= 15 is 0 Å². The Morgan fingerprint density at radius 2 is 1.89 bits per heavy atom. The van der Waals surface area contributed by atoms with Crippen molar-refractivity contribution in [2.45, 2.75) is 6.92 Å². The van der Waals surface area contributed by atoms with E-state index < -0.39 is 11.9 Å². The van der Waals surface area contributed by atoms with Gasteiger partial charge in [-0.15, -0.1) is 10.2 Å². The summed E-state index contributed by atoms with van der Waals surface area (Å²) in [5, 5.41) is 10.1. The largest absolute Gasteiger partial charge is 0.461 e. The minimum Gasteiger partial charge on any atom is -0.461 e. The first-order valence-corrected chi connectivity index (χ1v) is 6.39. The van der Waals surface area contributed by atoms with Crippen molar-refractivity contribution < 1.29 is 14.3 Å². The number of ether oxygens (including phenoxy) is 1. The molecule has 98 valence electrons. The van der Waals surface area contributed by atoms with E-state index in [0.717, 1.165) is 11.3 Å². The predicted molar refractivity (Wildman–Crippen MR) is 70.3 cm³/mol. The van der Waals surface area contributed by atoms with Crippen LogP contribution in [0.2, 0.25) is 0 Å². The Kier molecular flexibility index (Phi) is 4.19. The third-order valence-electron chi connectivity index (χ3n) is 2.10. The Balaban J connectivity index is 2.06. The molecule has 7 heteroatoms.